The van der Waals surface area contributed by atoms with Gasteiger partial charge in [0.05, 0.1) is 16.8 Å². The molecule has 0 radical (unpaired) electrons. The number of hydrogen-bond donors (Lipinski definition) is 0. The number of aromatic nitrogens is 1. The van der Waals surface area contributed by atoms with Crippen molar-refractivity contribution < 1.29 is 19.2 Å². The molecule has 1 aliphatic carbocycles. The highest BCUT2D eigenvalue weighted by Gasteiger charge is 2.48. The van der Waals surface area contributed by atoms with Gasteiger partial charge in [-0.3, -0.25) is 19.3 Å². The molecule has 1 saturated carbocycles. The maximum atomic E-state index is 12.6. The van der Waals surface area contributed by atoms with Gasteiger partial charge >= 0.3 is 17.8 Å². The van der Waals surface area contributed by atoms with E-state index in [0.29, 0.717) is 12.8 Å². The second-order valence-electron chi connectivity index (χ2n) is 7.11. The van der Waals surface area contributed by atoms with E-state index < -0.39 is 30.3 Å². The summed E-state index contributed by atoms with van der Waals surface area (Å²) in [5.74, 6) is -2.15. The molecule has 1 aromatic carbocycles. The Labute approximate surface area is 165 Å². The monoisotopic (exact) mass is 400 g/mol. The van der Waals surface area contributed by atoms with E-state index in [1.807, 2.05) is 24.3 Å². The van der Waals surface area contributed by atoms with E-state index in [0.717, 1.165) is 37.9 Å². The first-order chi connectivity index (χ1) is 13.5. The molecule has 5 amide bonds. The van der Waals surface area contributed by atoms with Crippen molar-refractivity contribution in [1.29, 1.82) is 0 Å². The van der Waals surface area contributed by atoms with Crippen molar-refractivity contribution in [1.82, 2.24) is 19.7 Å². The van der Waals surface area contributed by atoms with Crippen LogP contribution in [0.4, 0.5) is 4.79 Å². The second-order valence-corrected chi connectivity index (χ2v) is 8.23. The molecule has 8 nitrogen and oxygen atoms in total. The molecule has 2 aromatic rings. The first-order valence-electron chi connectivity index (χ1n) is 9.23. The van der Waals surface area contributed by atoms with Crippen LogP contribution in [0.3, 0.4) is 0 Å². The molecule has 2 heterocycles. The van der Waals surface area contributed by atoms with Gasteiger partial charge in [-0.25, -0.2) is 14.7 Å². The molecule has 2 fully saturated rings. The van der Waals surface area contributed by atoms with E-state index >= 15 is 0 Å². The van der Waals surface area contributed by atoms with Crippen molar-refractivity contribution in [2.45, 2.75) is 38.3 Å². The largest absolute Gasteiger partial charge is 0.337 e. The summed E-state index contributed by atoms with van der Waals surface area (Å²) in [7, 11) is 1.59. The number of thiazole rings is 1. The number of carbonyl (C=O) groups is 4. The van der Waals surface area contributed by atoms with Crippen LogP contribution < -0.4 is 0 Å². The summed E-state index contributed by atoms with van der Waals surface area (Å²) in [6.07, 6.45) is 3.29. The van der Waals surface area contributed by atoms with Crippen LogP contribution in [-0.2, 0) is 20.9 Å². The Morgan fingerprint density at radius 1 is 1.18 bits per heavy atom. The van der Waals surface area contributed by atoms with Crippen LogP contribution in [0.15, 0.2) is 24.3 Å². The minimum absolute atomic E-state index is 0.232. The van der Waals surface area contributed by atoms with Gasteiger partial charge in [0.25, 0.3) is 0 Å². The summed E-state index contributed by atoms with van der Waals surface area (Å²) in [5.41, 5.74) is 0.867. The lowest BCUT2D eigenvalue weighted by Crippen LogP contribution is -2.43. The SMILES string of the molecule is CN(Cc1nc2ccccc2s1)C(=O)CN1C(=O)C(=O)N(C2CCCC2)C1=O. The fraction of sp³-hybridized carbons (Fsp3) is 0.421. The highest BCUT2D eigenvalue weighted by Crippen LogP contribution is 2.28. The van der Waals surface area contributed by atoms with Crippen molar-refractivity contribution >= 4 is 45.3 Å². The maximum Gasteiger partial charge on any atom is 0.334 e. The van der Waals surface area contributed by atoms with E-state index in [1.165, 1.54) is 16.2 Å². The third-order valence-electron chi connectivity index (χ3n) is 5.20. The fourth-order valence-electron chi connectivity index (χ4n) is 3.68. The van der Waals surface area contributed by atoms with Crippen molar-refractivity contribution in [2.75, 3.05) is 13.6 Å². The Balaban J connectivity index is 1.42. The Kier molecular flexibility index (Phi) is 4.84. The number of para-hydroxylation sites is 1. The number of hydrogen-bond acceptors (Lipinski definition) is 6. The van der Waals surface area contributed by atoms with Gasteiger partial charge in [-0.05, 0) is 25.0 Å². The predicted octanol–water partition coefficient (Wildman–Crippen LogP) is 1.99. The van der Waals surface area contributed by atoms with Gasteiger partial charge < -0.3 is 4.90 Å². The average molecular weight is 400 g/mol. The summed E-state index contributed by atoms with van der Waals surface area (Å²) >= 11 is 1.49. The van der Waals surface area contributed by atoms with Crippen LogP contribution in [0.25, 0.3) is 10.2 Å². The van der Waals surface area contributed by atoms with E-state index in [1.54, 1.807) is 7.05 Å². The molecule has 2 aliphatic rings. The third kappa shape index (κ3) is 3.26. The van der Waals surface area contributed by atoms with Gasteiger partial charge in [0.15, 0.2) is 0 Å². The maximum absolute atomic E-state index is 12.6. The van der Waals surface area contributed by atoms with Crippen molar-refractivity contribution in [2.24, 2.45) is 0 Å². The van der Waals surface area contributed by atoms with E-state index in [2.05, 4.69) is 4.98 Å². The molecule has 28 heavy (non-hydrogen) atoms. The quantitative estimate of drug-likeness (QED) is 0.565. The third-order valence-corrected chi connectivity index (χ3v) is 6.22. The Morgan fingerprint density at radius 3 is 2.61 bits per heavy atom. The molecule has 0 unspecified atom stereocenters. The van der Waals surface area contributed by atoms with E-state index in [9.17, 15) is 19.2 Å². The van der Waals surface area contributed by atoms with Gasteiger partial charge in [0.2, 0.25) is 5.91 Å². The minimum atomic E-state index is -0.918. The summed E-state index contributed by atoms with van der Waals surface area (Å²) in [4.78, 5) is 57.3. The molecule has 0 spiro atoms. The zero-order valence-electron chi connectivity index (χ0n) is 15.5. The van der Waals surface area contributed by atoms with Crippen LogP contribution in [0.5, 0.6) is 0 Å². The van der Waals surface area contributed by atoms with Crippen molar-refractivity contribution in [3.63, 3.8) is 0 Å². The minimum Gasteiger partial charge on any atom is -0.337 e. The van der Waals surface area contributed by atoms with Crippen LogP contribution in [0, 0.1) is 0 Å². The number of fused-ring (bicyclic) bond motifs is 1. The van der Waals surface area contributed by atoms with Crippen LogP contribution in [0.2, 0.25) is 0 Å². The van der Waals surface area contributed by atoms with Gasteiger partial charge in [0, 0.05) is 13.1 Å². The number of amides is 5. The first-order valence-corrected chi connectivity index (χ1v) is 10.0. The standard InChI is InChI=1S/C19H20N4O4S/c1-21(10-15-20-13-8-4-5-9-14(13)28-15)16(24)11-22-17(25)18(26)23(19(22)27)12-6-2-3-7-12/h4-5,8-9,12H,2-3,6-7,10-11H2,1H3. The highest BCUT2D eigenvalue weighted by molar-refractivity contribution is 7.18. The first kappa shape index (κ1) is 18.5. The highest BCUT2D eigenvalue weighted by atomic mass is 32.1. The van der Waals surface area contributed by atoms with Gasteiger partial charge in [-0.2, -0.15) is 0 Å². The molecule has 0 N–H and O–H groups in total. The number of imide groups is 2. The Hall–Kier alpha value is -2.81. The topological polar surface area (TPSA) is 90.9 Å². The summed E-state index contributed by atoms with van der Waals surface area (Å²) < 4.78 is 1.03. The molecule has 146 valence electrons. The molecule has 1 aliphatic heterocycles. The molecule has 1 saturated heterocycles. The second kappa shape index (κ2) is 7.31. The van der Waals surface area contributed by atoms with E-state index in [-0.39, 0.29) is 12.6 Å². The lowest BCUT2D eigenvalue weighted by atomic mass is 10.2. The molecule has 9 heteroatoms. The molecule has 0 bridgehead atoms. The zero-order valence-corrected chi connectivity index (χ0v) is 16.3. The van der Waals surface area contributed by atoms with Crippen molar-refractivity contribution in [3.8, 4) is 0 Å². The summed E-state index contributed by atoms with van der Waals surface area (Å²) in [6, 6.07) is 6.79. The number of carbonyl (C=O) groups excluding carboxylic acids is 4. The zero-order chi connectivity index (χ0) is 19.8. The Bertz CT molecular complexity index is 933. The fourth-order valence-corrected chi connectivity index (χ4v) is 4.70. The number of urea groups is 1. The molecular formula is C19H20N4O4S. The average Bonchev–Trinajstić information content (AvgIpc) is 3.37. The lowest BCUT2D eigenvalue weighted by molar-refractivity contribution is -0.145. The molecule has 4 rings (SSSR count). The number of nitrogens with zero attached hydrogens (tertiary/aromatic N) is 4. The number of likely N-dealkylation sites (N-methyl/N-ethyl adjacent to an activating group) is 1. The lowest BCUT2D eigenvalue weighted by Gasteiger charge is -2.22. The van der Waals surface area contributed by atoms with Crippen LogP contribution in [0.1, 0.15) is 30.7 Å². The summed E-state index contributed by atoms with van der Waals surface area (Å²) in [6.45, 7) is -0.164. The van der Waals surface area contributed by atoms with Gasteiger partial charge in [-0.15, -0.1) is 11.3 Å². The number of rotatable bonds is 5. The molecular weight excluding hydrogens is 380 g/mol. The van der Waals surface area contributed by atoms with Crippen LogP contribution in [-0.4, -0.2) is 63.1 Å². The van der Waals surface area contributed by atoms with Crippen molar-refractivity contribution in [3.05, 3.63) is 29.3 Å². The molecule has 1 aromatic heterocycles. The number of benzene rings is 1. The normalized spacial score (nSPS) is 18.0. The smallest absolute Gasteiger partial charge is 0.334 e. The Morgan fingerprint density at radius 2 is 1.89 bits per heavy atom. The van der Waals surface area contributed by atoms with Gasteiger partial charge in [-0.1, -0.05) is 25.0 Å². The van der Waals surface area contributed by atoms with E-state index in [4.69, 9.17) is 0 Å². The van der Waals surface area contributed by atoms with Gasteiger partial charge in [0.1, 0.15) is 11.6 Å². The summed E-state index contributed by atoms with van der Waals surface area (Å²) in [5, 5.41) is 0.764. The van der Waals surface area contributed by atoms with Crippen LogP contribution >= 0.6 is 11.3 Å². The predicted molar refractivity (Wildman–Crippen MR) is 102 cm³/mol. The molecule has 0 atom stereocenters.